The SMILES string of the molecule is CN(C)c1cccc(CNc2ncnc3cc(N)ncc23)c1. The van der Waals surface area contributed by atoms with Gasteiger partial charge in [-0.25, -0.2) is 15.0 Å². The van der Waals surface area contributed by atoms with Gasteiger partial charge in [0.25, 0.3) is 0 Å². The molecule has 0 saturated carbocycles. The molecule has 0 unspecified atom stereocenters. The number of rotatable bonds is 4. The Labute approximate surface area is 129 Å². The molecular formula is C16H18N6. The summed E-state index contributed by atoms with van der Waals surface area (Å²) in [7, 11) is 4.06. The van der Waals surface area contributed by atoms with Gasteiger partial charge in [0.15, 0.2) is 0 Å². The van der Waals surface area contributed by atoms with E-state index in [1.807, 2.05) is 20.2 Å². The zero-order valence-electron chi connectivity index (χ0n) is 12.6. The fourth-order valence-corrected chi connectivity index (χ4v) is 2.24. The second-order valence-electron chi connectivity index (χ2n) is 5.27. The normalized spacial score (nSPS) is 10.6. The first-order valence-corrected chi connectivity index (χ1v) is 7.00. The Morgan fingerprint density at radius 2 is 2.00 bits per heavy atom. The summed E-state index contributed by atoms with van der Waals surface area (Å²) in [5.74, 6) is 1.21. The molecule has 0 aliphatic carbocycles. The number of nitrogens with two attached hydrogens (primary N) is 1. The van der Waals surface area contributed by atoms with Crippen molar-refractivity contribution in [3.05, 3.63) is 48.4 Å². The van der Waals surface area contributed by atoms with Gasteiger partial charge >= 0.3 is 0 Å². The fourth-order valence-electron chi connectivity index (χ4n) is 2.24. The third-order valence-corrected chi connectivity index (χ3v) is 3.43. The summed E-state index contributed by atoms with van der Waals surface area (Å²) in [5.41, 5.74) is 8.82. The highest BCUT2D eigenvalue weighted by Crippen LogP contribution is 2.20. The van der Waals surface area contributed by atoms with Crippen LogP contribution in [0.25, 0.3) is 10.9 Å². The van der Waals surface area contributed by atoms with Crippen LogP contribution in [0.3, 0.4) is 0 Å². The molecule has 1 aromatic carbocycles. The Kier molecular flexibility index (Phi) is 3.74. The maximum Gasteiger partial charge on any atom is 0.139 e. The van der Waals surface area contributed by atoms with Gasteiger partial charge in [0.2, 0.25) is 0 Å². The minimum absolute atomic E-state index is 0.454. The van der Waals surface area contributed by atoms with Gasteiger partial charge in [-0.05, 0) is 17.7 Å². The average Bonchev–Trinajstić information content (AvgIpc) is 2.52. The summed E-state index contributed by atoms with van der Waals surface area (Å²) in [6, 6.07) is 10.1. The van der Waals surface area contributed by atoms with Crippen LogP contribution in [0, 0.1) is 0 Å². The zero-order valence-corrected chi connectivity index (χ0v) is 12.6. The Morgan fingerprint density at radius 1 is 1.14 bits per heavy atom. The third-order valence-electron chi connectivity index (χ3n) is 3.43. The van der Waals surface area contributed by atoms with E-state index < -0.39 is 0 Å². The van der Waals surface area contributed by atoms with Crippen molar-refractivity contribution in [1.29, 1.82) is 0 Å². The number of nitrogens with one attached hydrogen (secondary N) is 1. The van der Waals surface area contributed by atoms with Crippen LogP contribution in [0.2, 0.25) is 0 Å². The number of hydrogen-bond donors (Lipinski definition) is 2. The first-order valence-electron chi connectivity index (χ1n) is 7.00. The molecule has 22 heavy (non-hydrogen) atoms. The fraction of sp³-hybridized carbons (Fsp3) is 0.188. The van der Waals surface area contributed by atoms with Crippen LogP contribution in [0.15, 0.2) is 42.9 Å². The molecule has 0 atom stereocenters. The molecule has 0 fully saturated rings. The van der Waals surface area contributed by atoms with Gasteiger partial charge < -0.3 is 16.0 Å². The van der Waals surface area contributed by atoms with E-state index in [-0.39, 0.29) is 0 Å². The summed E-state index contributed by atoms with van der Waals surface area (Å²) >= 11 is 0. The van der Waals surface area contributed by atoms with E-state index in [9.17, 15) is 0 Å². The van der Waals surface area contributed by atoms with Crippen LogP contribution in [-0.2, 0) is 6.54 Å². The smallest absolute Gasteiger partial charge is 0.139 e. The molecule has 112 valence electrons. The van der Waals surface area contributed by atoms with Crippen molar-refractivity contribution in [1.82, 2.24) is 15.0 Å². The van der Waals surface area contributed by atoms with E-state index in [1.54, 1.807) is 12.3 Å². The predicted molar refractivity (Wildman–Crippen MR) is 89.8 cm³/mol. The minimum Gasteiger partial charge on any atom is -0.384 e. The number of aromatic nitrogens is 3. The molecule has 0 saturated heterocycles. The highest BCUT2D eigenvalue weighted by Gasteiger charge is 2.05. The molecule has 2 heterocycles. The van der Waals surface area contributed by atoms with Crippen LogP contribution in [0.1, 0.15) is 5.56 Å². The molecule has 0 aliphatic heterocycles. The number of anilines is 3. The lowest BCUT2D eigenvalue weighted by Crippen LogP contribution is -2.09. The van der Waals surface area contributed by atoms with E-state index in [0.717, 1.165) is 16.7 Å². The average molecular weight is 294 g/mol. The van der Waals surface area contributed by atoms with Crippen molar-refractivity contribution in [2.45, 2.75) is 6.54 Å². The predicted octanol–water partition coefficient (Wildman–Crippen LogP) is 2.29. The van der Waals surface area contributed by atoms with Crippen molar-refractivity contribution in [3.8, 4) is 0 Å². The summed E-state index contributed by atoms with van der Waals surface area (Å²) in [6.45, 7) is 0.679. The molecule has 3 rings (SSSR count). The molecule has 0 amide bonds. The summed E-state index contributed by atoms with van der Waals surface area (Å²) < 4.78 is 0. The maximum absolute atomic E-state index is 5.69. The largest absolute Gasteiger partial charge is 0.384 e. The second-order valence-corrected chi connectivity index (χ2v) is 5.27. The van der Waals surface area contributed by atoms with E-state index >= 15 is 0 Å². The molecule has 2 aromatic heterocycles. The van der Waals surface area contributed by atoms with Gasteiger partial charge in [-0.2, -0.15) is 0 Å². The van der Waals surface area contributed by atoms with Gasteiger partial charge in [-0.1, -0.05) is 12.1 Å². The van der Waals surface area contributed by atoms with Gasteiger partial charge in [-0.3, -0.25) is 0 Å². The first-order chi connectivity index (χ1) is 10.6. The topological polar surface area (TPSA) is 80.0 Å². The lowest BCUT2D eigenvalue weighted by molar-refractivity contribution is 1.08. The molecule has 3 aromatic rings. The summed E-state index contributed by atoms with van der Waals surface area (Å²) in [5, 5.41) is 4.20. The lowest BCUT2D eigenvalue weighted by atomic mass is 10.2. The number of hydrogen-bond acceptors (Lipinski definition) is 6. The molecule has 0 radical (unpaired) electrons. The molecule has 0 bridgehead atoms. The van der Waals surface area contributed by atoms with Gasteiger partial charge in [0.1, 0.15) is 18.0 Å². The Balaban J connectivity index is 1.83. The molecule has 6 heteroatoms. The standard InChI is InChI=1S/C16H18N6/c1-22(2)12-5-3-4-11(6-12)8-19-16-13-9-18-15(17)7-14(13)20-10-21-16/h3-7,9-10H,8H2,1-2H3,(H2,17,18)(H,19,20,21). The zero-order chi connectivity index (χ0) is 15.5. The quantitative estimate of drug-likeness (QED) is 0.768. The van der Waals surface area contributed by atoms with Crippen LogP contribution < -0.4 is 16.0 Å². The van der Waals surface area contributed by atoms with Crippen LogP contribution in [0.5, 0.6) is 0 Å². The molecule has 6 nitrogen and oxygen atoms in total. The van der Waals surface area contributed by atoms with Crippen LogP contribution in [0.4, 0.5) is 17.3 Å². The summed E-state index contributed by atoms with van der Waals surface area (Å²) in [4.78, 5) is 14.7. The van der Waals surface area contributed by atoms with Crippen molar-refractivity contribution in [3.63, 3.8) is 0 Å². The number of benzene rings is 1. The minimum atomic E-state index is 0.454. The Hall–Kier alpha value is -2.89. The van der Waals surface area contributed by atoms with E-state index in [2.05, 4.69) is 43.4 Å². The van der Waals surface area contributed by atoms with Crippen LogP contribution in [-0.4, -0.2) is 29.0 Å². The number of nitrogen functional groups attached to an aromatic ring is 1. The van der Waals surface area contributed by atoms with Gasteiger partial charge in [0, 0.05) is 38.6 Å². The Morgan fingerprint density at radius 3 is 2.82 bits per heavy atom. The van der Waals surface area contributed by atoms with Crippen molar-refractivity contribution >= 4 is 28.2 Å². The highest BCUT2D eigenvalue weighted by atomic mass is 15.1. The van der Waals surface area contributed by atoms with Crippen molar-refractivity contribution in [2.75, 3.05) is 30.0 Å². The van der Waals surface area contributed by atoms with Gasteiger partial charge in [-0.15, -0.1) is 0 Å². The monoisotopic (exact) mass is 294 g/mol. The first kappa shape index (κ1) is 14.1. The molecule has 3 N–H and O–H groups in total. The van der Waals surface area contributed by atoms with Gasteiger partial charge in [0.05, 0.1) is 10.9 Å². The van der Waals surface area contributed by atoms with Crippen LogP contribution >= 0.6 is 0 Å². The molecule has 0 aliphatic rings. The number of fused-ring (bicyclic) bond motifs is 1. The molecular weight excluding hydrogens is 276 g/mol. The summed E-state index contributed by atoms with van der Waals surface area (Å²) in [6.07, 6.45) is 3.23. The lowest BCUT2D eigenvalue weighted by Gasteiger charge is -2.14. The Bertz CT molecular complexity index is 799. The van der Waals surface area contributed by atoms with E-state index in [1.165, 1.54) is 17.6 Å². The maximum atomic E-state index is 5.69. The number of nitrogens with zero attached hydrogens (tertiary/aromatic N) is 4. The van der Waals surface area contributed by atoms with Crippen molar-refractivity contribution in [2.24, 2.45) is 0 Å². The highest BCUT2D eigenvalue weighted by molar-refractivity contribution is 5.89. The molecule has 0 spiro atoms. The van der Waals surface area contributed by atoms with E-state index in [0.29, 0.717) is 12.4 Å². The second kappa shape index (κ2) is 5.85. The van der Waals surface area contributed by atoms with Crippen molar-refractivity contribution < 1.29 is 0 Å². The van der Waals surface area contributed by atoms with E-state index in [4.69, 9.17) is 5.73 Å². The third kappa shape index (κ3) is 2.90. The number of pyridine rings is 1.